The Labute approximate surface area is 52.8 Å². The molecular weight excluding hydrogens is 128 g/mol. The van der Waals surface area contributed by atoms with Crippen molar-refractivity contribution in [2.24, 2.45) is 0 Å². The van der Waals surface area contributed by atoms with Crippen molar-refractivity contribution in [3.8, 4) is 0 Å². The second kappa shape index (κ2) is 2.24. The maximum Gasteiger partial charge on any atom is 0.141 e. The summed E-state index contributed by atoms with van der Waals surface area (Å²) in [6.45, 7) is 1.85. The summed E-state index contributed by atoms with van der Waals surface area (Å²) >= 11 is 5.41. The number of halogens is 1. The summed E-state index contributed by atoms with van der Waals surface area (Å²) in [4.78, 5) is 4.81. The second-order valence-corrected chi connectivity index (χ2v) is 1.76. The molecule has 3 nitrogen and oxygen atoms in total. The SMILES string of the molecule is CC1=CN(CCl)NO1. The quantitative estimate of drug-likeness (QED) is 0.424. The molecule has 0 atom stereocenters. The zero-order chi connectivity index (χ0) is 5.98. The van der Waals surface area contributed by atoms with Crippen molar-refractivity contribution in [1.82, 2.24) is 10.6 Å². The first kappa shape index (κ1) is 5.72. The minimum absolute atomic E-state index is 0.400. The van der Waals surface area contributed by atoms with Gasteiger partial charge in [0.1, 0.15) is 11.8 Å². The van der Waals surface area contributed by atoms with Crippen LogP contribution in [0.1, 0.15) is 6.92 Å². The van der Waals surface area contributed by atoms with Crippen LogP contribution in [-0.2, 0) is 4.84 Å². The van der Waals surface area contributed by atoms with Crippen LogP contribution < -0.4 is 5.59 Å². The van der Waals surface area contributed by atoms with Crippen molar-refractivity contribution in [2.45, 2.75) is 6.92 Å². The van der Waals surface area contributed by atoms with Gasteiger partial charge in [-0.1, -0.05) is 5.59 Å². The first-order valence-corrected chi connectivity index (χ1v) is 2.80. The Morgan fingerprint density at radius 2 is 2.75 bits per heavy atom. The van der Waals surface area contributed by atoms with Crippen LogP contribution >= 0.6 is 11.6 Å². The first-order valence-electron chi connectivity index (χ1n) is 2.26. The molecule has 1 aliphatic heterocycles. The van der Waals surface area contributed by atoms with Gasteiger partial charge in [-0.15, -0.1) is 11.6 Å². The molecule has 46 valence electrons. The summed E-state index contributed by atoms with van der Waals surface area (Å²) in [6, 6.07) is 0.400. The molecule has 8 heavy (non-hydrogen) atoms. The summed E-state index contributed by atoms with van der Waals surface area (Å²) in [7, 11) is 0. The lowest BCUT2D eigenvalue weighted by Crippen LogP contribution is -2.25. The zero-order valence-electron chi connectivity index (χ0n) is 4.52. The van der Waals surface area contributed by atoms with E-state index in [0.29, 0.717) is 6.00 Å². The summed E-state index contributed by atoms with van der Waals surface area (Å²) in [6.07, 6.45) is 1.78. The van der Waals surface area contributed by atoms with Gasteiger partial charge in [0.05, 0.1) is 6.20 Å². The highest BCUT2D eigenvalue weighted by atomic mass is 35.5. The lowest BCUT2D eigenvalue weighted by Gasteiger charge is -2.06. The van der Waals surface area contributed by atoms with Gasteiger partial charge in [0.2, 0.25) is 0 Å². The van der Waals surface area contributed by atoms with Crippen molar-refractivity contribution in [1.29, 1.82) is 0 Å². The Kier molecular flexibility index (Phi) is 1.60. The van der Waals surface area contributed by atoms with Gasteiger partial charge in [0, 0.05) is 0 Å². The summed E-state index contributed by atoms with van der Waals surface area (Å²) in [5, 5.41) is 1.64. The number of nitrogens with zero attached hydrogens (tertiary/aromatic N) is 1. The third kappa shape index (κ3) is 1.05. The van der Waals surface area contributed by atoms with Crippen LogP contribution in [0, 0.1) is 0 Å². The Morgan fingerprint density at radius 3 is 3.00 bits per heavy atom. The van der Waals surface area contributed by atoms with Gasteiger partial charge >= 0.3 is 0 Å². The molecule has 0 saturated heterocycles. The molecule has 0 aromatic rings. The topological polar surface area (TPSA) is 24.5 Å². The van der Waals surface area contributed by atoms with Crippen LogP contribution in [0.25, 0.3) is 0 Å². The van der Waals surface area contributed by atoms with Crippen molar-refractivity contribution in [2.75, 3.05) is 6.00 Å². The summed E-state index contributed by atoms with van der Waals surface area (Å²) < 4.78 is 0. The molecule has 0 saturated carbocycles. The van der Waals surface area contributed by atoms with Gasteiger partial charge in [-0.3, -0.25) is 5.01 Å². The molecule has 4 heteroatoms. The van der Waals surface area contributed by atoms with E-state index in [1.165, 1.54) is 0 Å². The van der Waals surface area contributed by atoms with E-state index in [4.69, 9.17) is 16.4 Å². The molecule has 0 unspecified atom stereocenters. The van der Waals surface area contributed by atoms with Crippen LogP contribution in [0.15, 0.2) is 12.0 Å². The van der Waals surface area contributed by atoms with Gasteiger partial charge in [-0.2, -0.15) is 0 Å². The van der Waals surface area contributed by atoms with E-state index >= 15 is 0 Å². The molecule has 0 spiro atoms. The molecule has 1 rings (SSSR count). The predicted molar refractivity (Wildman–Crippen MR) is 30.5 cm³/mol. The highest BCUT2D eigenvalue weighted by molar-refractivity contribution is 6.17. The van der Waals surface area contributed by atoms with Crippen LogP contribution in [0.4, 0.5) is 0 Å². The molecule has 0 radical (unpaired) electrons. The maximum atomic E-state index is 5.41. The third-order valence-electron chi connectivity index (χ3n) is 0.790. The molecule has 1 N–H and O–H groups in total. The lowest BCUT2D eigenvalue weighted by atomic mass is 10.6. The standard InChI is InChI=1S/C4H7ClN2O/c1-4-2-7(3-5)6-8-4/h2,6H,3H2,1H3. The predicted octanol–water partition coefficient (Wildman–Crippen LogP) is 0.796. The zero-order valence-corrected chi connectivity index (χ0v) is 5.27. The molecule has 0 fully saturated rings. The normalized spacial score (nSPS) is 18.2. The average Bonchev–Trinajstić information content (AvgIpc) is 2.14. The Hall–Kier alpha value is -0.410. The van der Waals surface area contributed by atoms with E-state index in [-0.39, 0.29) is 0 Å². The van der Waals surface area contributed by atoms with E-state index < -0.39 is 0 Å². The smallest absolute Gasteiger partial charge is 0.141 e. The first-order chi connectivity index (χ1) is 3.83. The summed E-state index contributed by atoms with van der Waals surface area (Å²) in [5.41, 5.74) is 2.56. The van der Waals surface area contributed by atoms with E-state index in [9.17, 15) is 0 Å². The van der Waals surface area contributed by atoms with E-state index in [2.05, 4.69) is 5.59 Å². The van der Waals surface area contributed by atoms with Crippen molar-refractivity contribution in [3.05, 3.63) is 12.0 Å². The fraction of sp³-hybridized carbons (Fsp3) is 0.500. The molecular formula is C4H7ClN2O. The molecule has 1 aliphatic rings. The fourth-order valence-corrected chi connectivity index (χ4v) is 0.579. The Morgan fingerprint density at radius 1 is 2.00 bits per heavy atom. The van der Waals surface area contributed by atoms with Crippen molar-refractivity contribution < 1.29 is 4.84 Å². The number of allylic oxidation sites excluding steroid dienone is 1. The van der Waals surface area contributed by atoms with Gasteiger partial charge in [0.15, 0.2) is 0 Å². The monoisotopic (exact) mass is 134 g/mol. The minimum atomic E-state index is 0.400. The third-order valence-corrected chi connectivity index (χ3v) is 1.05. The van der Waals surface area contributed by atoms with E-state index in [1.54, 1.807) is 11.2 Å². The molecule has 0 aromatic carbocycles. The van der Waals surface area contributed by atoms with Crippen LogP contribution in [0.3, 0.4) is 0 Å². The second-order valence-electron chi connectivity index (χ2n) is 1.52. The van der Waals surface area contributed by atoms with Crippen LogP contribution in [0.5, 0.6) is 0 Å². The van der Waals surface area contributed by atoms with Gasteiger partial charge in [-0.05, 0) is 6.92 Å². The molecule has 0 bridgehead atoms. The number of nitrogens with one attached hydrogen (secondary N) is 1. The van der Waals surface area contributed by atoms with E-state index in [0.717, 1.165) is 5.76 Å². The molecule has 0 aliphatic carbocycles. The number of rotatable bonds is 1. The maximum absolute atomic E-state index is 5.41. The van der Waals surface area contributed by atoms with Gasteiger partial charge in [0.25, 0.3) is 0 Å². The Bertz CT molecular complexity index is 115. The van der Waals surface area contributed by atoms with Crippen molar-refractivity contribution >= 4 is 11.6 Å². The number of hydrogen-bond donors (Lipinski definition) is 1. The highest BCUT2D eigenvalue weighted by Gasteiger charge is 2.05. The molecule has 0 amide bonds. The molecule has 1 heterocycles. The van der Waals surface area contributed by atoms with Gasteiger partial charge < -0.3 is 4.84 Å². The van der Waals surface area contributed by atoms with E-state index in [1.807, 2.05) is 6.92 Å². The van der Waals surface area contributed by atoms with Gasteiger partial charge in [-0.25, -0.2) is 0 Å². The lowest BCUT2D eigenvalue weighted by molar-refractivity contribution is 0.0328. The number of alkyl halides is 1. The number of hydrogen-bond acceptors (Lipinski definition) is 3. The van der Waals surface area contributed by atoms with Crippen LogP contribution in [-0.4, -0.2) is 11.0 Å². The Balaban J connectivity index is 2.41. The average molecular weight is 135 g/mol. The molecule has 0 aromatic heterocycles. The van der Waals surface area contributed by atoms with Crippen molar-refractivity contribution in [3.63, 3.8) is 0 Å². The summed E-state index contributed by atoms with van der Waals surface area (Å²) in [5.74, 6) is 0.825. The largest absolute Gasteiger partial charge is 0.392 e. The fourth-order valence-electron chi connectivity index (χ4n) is 0.462. The number of hydrazine groups is 1. The minimum Gasteiger partial charge on any atom is -0.392 e. The van der Waals surface area contributed by atoms with Crippen LogP contribution in [0.2, 0.25) is 0 Å². The highest BCUT2D eigenvalue weighted by Crippen LogP contribution is 2.03.